The number of halogens is 2. The minimum Gasteiger partial charge on any atom is -0.335 e. The normalized spacial score (nSPS) is 15.6. The van der Waals surface area contributed by atoms with Crippen molar-refractivity contribution in [3.05, 3.63) is 46.7 Å². The SMILES string of the molecule is C=CCN(Cc1cc(Br)ccc1F)C(=O)CC(C)C1CC1. The van der Waals surface area contributed by atoms with Gasteiger partial charge < -0.3 is 4.90 Å². The number of rotatable bonds is 7. The van der Waals surface area contributed by atoms with Gasteiger partial charge in [0, 0.05) is 29.5 Å². The monoisotopic (exact) mass is 353 g/mol. The quantitative estimate of drug-likeness (QED) is 0.659. The molecule has 1 amide bonds. The van der Waals surface area contributed by atoms with Gasteiger partial charge in [-0.1, -0.05) is 28.9 Å². The second-order valence-electron chi connectivity index (χ2n) is 5.82. The minimum atomic E-state index is -0.282. The third-order valence-corrected chi connectivity index (χ3v) is 4.49. The van der Waals surface area contributed by atoms with Gasteiger partial charge in [-0.15, -0.1) is 6.58 Å². The van der Waals surface area contributed by atoms with Crippen molar-refractivity contribution in [2.45, 2.75) is 32.7 Å². The molecule has 0 aromatic heterocycles. The standard InChI is InChI=1S/C17H21BrFNO/c1-3-8-20(17(21)9-12(2)13-4-5-13)11-14-10-15(18)6-7-16(14)19/h3,6-7,10,12-13H,1,4-5,8-9,11H2,2H3. The summed E-state index contributed by atoms with van der Waals surface area (Å²) < 4.78 is 14.7. The zero-order chi connectivity index (χ0) is 15.4. The Morgan fingerprint density at radius 3 is 2.90 bits per heavy atom. The van der Waals surface area contributed by atoms with Crippen LogP contribution >= 0.6 is 15.9 Å². The molecule has 1 aliphatic carbocycles. The predicted octanol–water partition coefficient (Wildman–Crippen LogP) is 4.54. The molecule has 0 bridgehead atoms. The summed E-state index contributed by atoms with van der Waals surface area (Å²) in [5, 5.41) is 0. The highest BCUT2D eigenvalue weighted by atomic mass is 79.9. The van der Waals surface area contributed by atoms with Crippen LogP contribution in [0.1, 0.15) is 31.7 Å². The highest BCUT2D eigenvalue weighted by Crippen LogP contribution is 2.38. The molecule has 2 rings (SSSR count). The van der Waals surface area contributed by atoms with Gasteiger partial charge in [-0.3, -0.25) is 4.79 Å². The first-order chi connectivity index (χ1) is 10.0. The summed E-state index contributed by atoms with van der Waals surface area (Å²) in [5.74, 6) is 0.906. The van der Waals surface area contributed by atoms with Crippen molar-refractivity contribution in [1.82, 2.24) is 4.90 Å². The fraction of sp³-hybridized carbons (Fsp3) is 0.471. The molecule has 1 atom stereocenters. The van der Waals surface area contributed by atoms with E-state index < -0.39 is 0 Å². The number of hydrogen-bond acceptors (Lipinski definition) is 1. The van der Waals surface area contributed by atoms with Crippen molar-refractivity contribution in [3.8, 4) is 0 Å². The van der Waals surface area contributed by atoms with E-state index >= 15 is 0 Å². The van der Waals surface area contributed by atoms with Crippen LogP contribution in [0.3, 0.4) is 0 Å². The average molecular weight is 354 g/mol. The van der Waals surface area contributed by atoms with E-state index in [-0.39, 0.29) is 18.3 Å². The largest absolute Gasteiger partial charge is 0.335 e. The summed E-state index contributed by atoms with van der Waals surface area (Å²) >= 11 is 3.34. The summed E-state index contributed by atoms with van der Waals surface area (Å²) in [6, 6.07) is 4.81. The lowest BCUT2D eigenvalue weighted by Gasteiger charge is -2.23. The Morgan fingerprint density at radius 2 is 2.29 bits per heavy atom. The molecule has 0 spiro atoms. The smallest absolute Gasteiger partial charge is 0.223 e. The van der Waals surface area contributed by atoms with Crippen LogP contribution in [-0.2, 0) is 11.3 Å². The Balaban J connectivity index is 2.04. The second kappa shape index (κ2) is 7.21. The van der Waals surface area contributed by atoms with E-state index in [1.54, 1.807) is 23.1 Å². The number of amides is 1. The Morgan fingerprint density at radius 1 is 1.57 bits per heavy atom. The Hall–Kier alpha value is -1.16. The van der Waals surface area contributed by atoms with Crippen LogP contribution in [0.4, 0.5) is 4.39 Å². The molecule has 2 nitrogen and oxygen atoms in total. The lowest BCUT2D eigenvalue weighted by atomic mass is 10.0. The fourth-order valence-corrected chi connectivity index (χ4v) is 2.93. The molecule has 1 aromatic rings. The number of benzene rings is 1. The van der Waals surface area contributed by atoms with Gasteiger partial charge in [0.15, 0.2) is 0 Å². The van der Waals surface area contributed by atoms with E-state index in [1.807, 2.05) is 0 Å². The van der Waals surface area contributed by atoms with Crippen LogP contribution < -0.4 is 0 Å². The third kappa shape index (κ3) is 4.67. The number of nitrogens with zero attached hydrogens (tertiary/aromatic N) is 1. The van der Waals surface area contributed by atoms with Crippen molar-refractivity contribution < 1.29 is 9.18 Å². The maximum atomic E-state index is 13.8. The van der Waals surface area contributed by atoms with Gasteiger partial charge in [-0.25, -0.2) is 4.39 Å². The molecule has 1 unspecified atom stereocenters. The molecule has 0 N–H and O–H groups in total. The van der Waals surface area contributed by atoms with Gasteiger partial charge in [0.05, 0.1) is 0 Å². The van der Waals surface area contributed by atoms with Crippen molar-refractivity contribution >= 4 is 21.8 Å². The van der Waals surface area contributed by atoms with Crippen LogP contribution in [0, 0.1) is 17.7 Å². The molecule has 0 aliphatic heterocycles. The zero-order valence-corrected chi connectivity index (χ0v) is 13.9. The van der Waals surface area contributed by atoms with Crippen molar-refractivity contribution in [2.24, 2.45) is 11.8 Å². The first-order valence-corrected chi connectivity index (χ1v) is 8.13. The summed E-state index contributed by atoms with van der Waals surface area (Å²) in [5.41, 5.74) is 0.527. The topological polar surface area (TPSA) is 20.3 Å². The van der Waals surface area contributed by atoms with Crippen molar-refractivity contribution in [1.29, 1.82) is 0 Å². The number of hydrogen-bond donors (Lipinski definition) is 0. The molecular weight excluding hydrogens is 333 g/mol. The number of carbonyl (C=O) groups excluding carboxylic acids is 1. The number of carbonyl (C=O) groups is 1. The summed E-state index contributed by atoms with van der Waals surface area (Å²) in [7, 11) is 0. The van der Waals surface area contributed by atoms with Crippen LogP contribution in [0.15, 0.2) is 35.3 Å². The summed E-state index contributed by atoms with van der Waals surface area (Å²) in [6.07, 6.45) is 4.69. The highest BCUT2D eigenvalue weighted by molar-refractivity contribution is 9.10. The first kappa shape index (κ1) is 16.2. The van der Waals surface area contributed by atoms with E-state index in [0.29, 0.717) is 30.4 Å². The fourth-order valence-electron chi connectivity index (χ4n) is 2.52. The Labute approximate surface area is 134 Å². The molecule has 0 radical (unpaired) electrons. The van der Waals surface area contributed by atoms with E-state index in [4.69, 9.17) is 0 Å². The maximum Gasteiger partial charge on any atom is 0.223 e. The van der Waals surface area contributed by atoms with Gasteiger partial charge in [0.2, 0.25) is 5.91 Å². The summed E-state index contributed by atoms with van der Waals surface area (Å²) in [4.78, 5) is 14.1. The maximum absolute atomic E-state index is 13.8. The van der Waals surface area contributed by atoms with Gasteiger partial charge in [0.25, 0.3) is 0 Å². The molecular formula is C17H21BrFNO. The minimum absolute atomic E-state index is 0.0775. The van der Waals surface area contributed by atoms with Gasteiger partial charge in [0.1, 0.15) is 5.82 Å². The lowest BCUT2D eigenvalue weighted by molar-refractivity contribution is -0.132. The van der Waals surface area contributed by atoms with E-state index in [2.05, 4.69) is 29.4 Å². The van der Waals surface area contributed by atoms with E-state index in [9.17, 15) is 9.18 Å². The first-order valence-electron chi connectivity index (χ1n) is 7.34. The van der Waals surface area contributed by atoms with Gasteiger partial charge in [-0.2, -0.15) is 0 Å². The van der Waals surface area contributed by atoms with Crippen LogP contribution in [0.25, 0.3) is 0 Å². The average Bonchev–Trinajstić information content (AvgIpc) is 3.26. The van der Waals surface area contributed by atoms with Gasteiger partial charge >= 0.3 is 0 Å². The van der Waals surface area contributed by atoms with Crippen LogP contribution in [0.2, 0.25) is 0 Å². The van der Waals surface area contributed by atoms with E-state index in [0.717, 1.165) is 4.47 Å². The lowest BCUT2D eigenvalue weighted by Crippen LogP contribution is -2.32. The Bertz CT molecular complexity index is 528. The Kier molecular flexibility index (Phi) is 5.57. The molecule has 1 aliphatic rings. The van der Waals surface area contributed by atoms with Crippen LogP contribution in [0.5, 0.6) is 0 Å². The molecule has 114 valence electrons. The molecule has 21 heavy (non-hydrogen) atoms. The molecule has 1 saturated carbocycles. The molecule has 4 heteroatoms. The molecule has 1 aromatic carbocycles. The molecule has 0 saturated heterocycles. The van der Waals surface area contributed by atoms with Crippen molar-refractivity contribution in [2.75, 3.05) is 6.54 Å². The zero-order valence-electron chi connectivity index (χ0n) is 12.3. The highest BCUT2D eigenvalue weighted by Gasteiger charge is 2.30. The third-order valence-electron chi connectivity index (χ3n) is 3.99. The molecule has 1 fully saturated rings. The van der Waals surface area contributed by atoms with Gasteiger partial charge in [-0.05, 0) is 42.9 Å². The van der Waals surface area contributed by atoms with Crippen LogP contribution in [-0.4, -0.2) is 17.4 Å². The predicted molar refractivity (Wildman–Crippen MR) is 86.2 cm³/mol. The van der Waals surface area contributed by atoms with E-state index in [1.165, 1.54) is 18.9 Å². The molecule has 0 heterocycles. The van der Waals surface area contributed by atoms with Crippen molar-refractivity contribution in [3.63, 3.8) is 0 Å². The second-order valence-corrected chi connectivity index (χ2v) is 6.73. The summed E-state index contributed by atoms with van der Waals surface area (Å²) in [6.45, 7) is 6.55.